The van der Waals surface area contributed by atoms with Gasteiger partial charge in [0.25, 0.3) is 0 Å². The van der Waals surface area contributed by atoms with Gasteiger partial charge in [0.2, 0.25) is 0 Å². The molecule has 0 heterocycles. The number of benzene rings is 14. The van der Waals surface area contributed by atoms with E-state index in [0.29, 0.717) is 53.9 Å². The average molecular weight is 2130 g/mol. The number of phenols is 1. The fourth-order valence-electron chi connectivity index (χ4n) is 22.0. The lowest BCUT2D eigenvalue weighted by molar-refractivity contribution is -0.172. The lowest BCUT2D eigenvalue weighted by Gasteiger charge is -2.38. The van der Waals surface area contributed by atoms with Crippen LogP contribution in [0.3, 0.4) is 0 Å². The van der Waals surface area contributed by atoms with Gasteiger partial charge < -0.3 is 33.2 Å². The first-order valence-corrected chi connectivity index (χ1v) is 58.1. The van der Waals surface area contributed by atoms with Crippen LogP contribution < -0.4 is 14.2 Å². The maximum absolute atomic E-state index is 13.3. The molecule has 7 saturated carbocycles. The number of halogens is 8. The fraction of sp³-hybridized carbons (Fsp3) is 0.303. The molecule has 0 aliphatic heterocycles. The highest BCUT2D eigenvalue weighted by Crippen LogP contribution is 2.68. The van der Waals surface area contributed by atoms with Crippen molar-refractivity contribution in [2.24, 2.45) is 35.5 Å². The minimum absolute atomic E-state index is 0.0146. The first-order chi connectivity index (χ1) is 71.3. The monoisotopic (exact) mass is 2120 g/mol. The smallest absolute Gasteiger partial charge is 0.428 e. The van der Waals surface area contributed by atoms with E-state index in [4.69, 9.17) is 18.9 Å². The molecule has 1 N–H and O–H groups in total. The maximum atomic E-state index is 13.3. The summed E-state index contributed by atoms with van der Waals surface area (Å²) in [5, 5.41) is 4.49. The third-order valence-electron chi connectivity index (χ3n) is 28.5. The minimum atomic E-state index is -6.04. The van der Waals surface area contributed by atoms with E-state index in [2.05, 4.69) is 279 Å². The molecule has 14 aromatic rings. The zero-order chi connectivity index (χ0) is 105. The summed E-state index contributed by atoms with van der Waals surface area (Å²) in [6.45, 7) is 1.18. The van der Waals surface area contributed by atoms with Crippen LogP contribution in [0.1, 0.15) is 180 Å². The summed E-state index contributed by atoms with van der Waals surface area (Å²) in [4.78, 5) is 27.1. The molecule has 774 valence electrons. The van der Waals surface area contributed by atoms with Gasteiger partial charge in [-0.3, -0.25) is 0 Å². The van der Waals surface area contributed by atoms with E-state index in [9.17, 15) is 71.0 Å². The van der Waals surface area contributed by atoms with Crippen molar-refractivity contribution in [2.75, 3.05) is 21.3 Å². The second kappa shape index (κ2) is 51.8. The average Bonchev–Trinajstić information content (AvgIpc) is 1.55. The van der Waals surface area contributed by atoms with E-state index in [-0.39, 0.29) is 77.9 Å². The summed E-state index contributed by atoms with van der Waals surface area (Å²) in [6, 6.07) is 123. The Morgan fingerprint density at radius 1 is 0.324 bits per heavy atom. The van der Waals surface area contributed by atoms with Crippen molar-refractivity contribution in [3.05, 3.63) is 403 Å². The second-order valence-electron chi connectivity index (χ2n) is 38.1. The number of aryl methyl sites for hydroxylation is 1. The van der Waals surface area contributed by atoms with Crippen LogP contribution >= 0.6 is 0 Å². The second-order valence-corrected chi connectivity index (χ2v) is 49.0. The third-order valence-corrected chi connectivity index (χ3v) is 39.2. The Morgan fingerprint density at radius 2 is 0.615 bits per heavy atom. The Balaban J connectivity index is 0.000000130. The number of esters is 1. The topological polar surface area (TPSA) is 189 Å². The van der Waals surface area contributed by atoms with E-state index in [1.54, 1.807) is 33.5 Å². The van der Waals surface area contributed by atoms with Crippen LogP contribution in [0.25, 0.3) is 0 Å². The maximum Gasteiger partial charge on any atom is 0.428 e. The number of carbonyl (C=O) groups is 1. The van der Waals surface area contributed by atoms with E-state index in [1.165, 1.54) is 129 Å². The molecular weight excluding hydrogens is 2000 g/mol. The standard InChI is InChI=1S/C24H36O3S.C21H21O3S.C18H14OS.2C18H15S.C14H18F2O5S.C9H6F6/c25-28(26,27)24-22(19-12-6-2-7-13-19)16-21(18-10-4-1-5-11-18)17-23(24)20-14-8-3-9-15-20;1-22-16-7-4-10-19(13-16)25(20-11-5-8-17(14-20)23-2)21-12-6-9-18(15-21)24-3;19-15-11-13-18(14-12-15)20(16-7-3-1-4-8-16)17-9-5-2-6-10-17;2*1-4-10-16(11-5-1)19(17-12-6-2-7-13-17)18-14-8-3-9-15-18;15-14(16,22(18,19)20)13(17)21-10-5-8-4-9(10)12-7-2-1-6(3-7)11(8)12;1-5-2-6(8(10,11)12)4-7(3-5)9(13,14)15/h16-20H,1-15H2,(H,25,26,27);4-15H,1-3H3;1-14H;2*1-15H;6-12H,1-5H2,(H,18,19,20);2-4H,1H3/q;+1;;2*+1;;/p-1. The molecule has 7 unspecified atom stereocenters. The van der Waals surface area contributed by atoms with E-state index >= 15 is 0 Å². The van der Waals surface area contributed by atoms with Gasteiger partial charge in [0.05, 0.1) is 80.9 Å². The normalized spacial score (nSPS) is 18.6. The van der Waals surface area contributed by atoms with E-state index < -0.39 is 61.0 Å². The summed E-state index contributed by atoms with van der Waals surface area (Å²) < 4.78 is 190. The highest BCUT2D eigenvalue weighted by molar-refractivity contribution is 7.98. The van der Waals surface area contributed by atoms with Crippen LogP contribution in [0.15, 0.2) is 434 Å². The highest BCUT2D eigenvalue weighted by Gasteiger charge is 2.64. The van der Waals surface area contributed by atoms with Crippen molar-refractivity contribution in [3.63, 3.8) is 0 Å². The molecule has 7 fully saturated rings. The number of carbonyl (C=O) groups excluding carboxylic acids is 1. The van der Waals surface area contributed by atoms with Crippen molar-refractivity contribution < 1.29 is 89.9 Å². The molecule has 0 spiro atoms. The summed E-state index contributed by atoms with van der Waals surface area (Å²) in [7, 11) is -5.89. The lowest BCUT2D eigenvalue weighted by atomic mass is 9.70. The molecule has 4 bridgehead atoms. The molecule has 0 amide bonds. The molecule has 0 saturated heterocycles. The first-order valence-electron chi connectivity index (χ1n) is 50.4. The Bertz CT molecular complexity index is 6270. The molecule has 7 aliphatic rings. The number of hydrogen-bond acceptors (Lipinski definition) is 12. The molecule has 21 rings (SSSR count). The van der Waals surface area contributed by atoms with Crippen LogP contribution in [0.4, 0.5) is 35.1 Å². The largest absolute Gasteiger partial charge is 0.744 e. The number of alkyl halides is 8. The van der Waals surface area contributed by atoms with Gasteiger partial charge in [-0.25, -0.2) is 21.6 Å². The van der Waals surface area contributed by atoms with Crippen LogP contribution in [-0.2, 0) is 85.7 Å². The number of phenolic OH excluding ortho intramolecular Hbond substituents is 1. The first kappa shape index (κ1) is 111. The van der Waals surface area contributed by atoms with Gasteiger partial charge in [0, 0.05) is 18.2 Å². The lowest BCUT2D eigenvalue weighted by Crippen LogP contribution is -2.44. The quantitative estimate of drug-likeness (QED) is 0.0223. The Kier molecular flexibility index (Phi) is 38.7. The number of methoxy groups -OCH3 is 3. The van der Waals surface area contributed by atoms with Crippen molar-refractivity contribution in [1.82, 2.24) is 0 Å². The SMILES string of the molecule is COc1cccc([S+](c2cccc(OC)c2)c2cccc(OC)c2)c1.Cc1cc(C(F)(F)F)cc(C(F)(F)F)c1.O=C(OC1CC2CC1C1C3CCC(C3)C21)C(F)(F)S(=O)(=O)[O-].O=S(=O)([O-])c1c(C2CCCCC2)cc(C2CCCCC2)cc1C1CCCCC1.Oc1ccc([S+](c2ccccc2)c2ccccc2)cc1.c1ccc([S+](c2ccccc2)c2ccccc2)cc1.c1ccc([S+](c2ccccc2)c2ccccc2)cc1. The van der Waals surface area contributed by atoms with Gasteiger partial charge in [-0.2, -0.15) is 35.1 Å². The predicted molar refractivity (Wildman–Crippen MR) is 569 cm³/mol. The summed E-state index contributed by atoms with van der Waals surface area (Å²) >= 11 is 0. The molecule has 7 aliphatic carbocycles. The molecule has 14 aromatic carbocycles. The van der Waals surface area contributed by atoms with Gasteiger partial charge in [-0.05, 0) is 329 Å². The van der Waals surface area contributed by atoms with Gasteiger partial charge in [-0.15, -0.1) is 0 Å². The Morgan fingerprint density at radius 3 is 0.912 bits per heavy atom. The van der Waals surface area contributed by atoms with Gasteiger partial charge >= 0.3 is 23.6 Å². The van der Waals surface area contributed by atoms with Crippen molar-refractivity contribution in [2.45, 2.75) is 240 Å². The zero-order valence-corrected chi connectivity index (χ0v) is 87.9. The van der Waals surface area contributed by atoms with Crippen molar-refractivity contribution in [1.29, 1.82) is 0 Å². The van der Waals surface area contributed by atoms with Crippen LogP contribution in [0.2, 0.25) is 0 Å². The number of fused-ring (bicyclic) bond motifs is 9. The van der Waals surface area contributed by atoms with Gasteiger partial charge in [0.15, 0.2) is 68.9 Å². The molecular formula is C122H124F8O12S6+2. The predicted octanol–water partition coefficient (Wildman–Crippen LogP) is 31.4. The number of hydrogen-bond donors (Lipinski definition) is 1. The number of aromatic hydroxyl groups is 1. The fourth-order valence-corrected chi connectivity index (χ4v) is 31.7. The Labute approximate surface area is 876 Å². The zero-order valence-electron chi connectivity index (χ0n) is 83.0. The van der Waals surface area contributed by atoms with Crippen LogP contribution in [0.5, 0.6) is 23.0 Å². The van der Waals surface area contributed by atoms with E-state index in [0.717, 1.165) is 98.5 Å². The van der Waals surface area contributed by atoms with E-state index in [1.807, 2.05) is 60.7 Å². The third kappa shape index (κ3) is 28.8. The summed E-state index contributed by atoms with van der Waals surface area (Å²) in [5.74, 6) is 4.50. The van der Waals surface area contributed by atoms with Crippen LogP contribution in [0, 0.1) is 42.4 Å². The molecule has 148 heavy (non-hydrogen) atoms. The van der Waals surface area contributed by atoms with Gasteiger partial charge in [0.1, 0.15) is 39.2 Å². The van der Waals surface area contributed by atoms with Crippen molar-refractivity contribution >= 4 is 69.8 Å². The molecule has 12 nitrogen and oxygen atoms in total. The van der Waals surface area contributed by atoms with Crippen LogP contribution in [-0.4, -0.2) is 69.7 Å². The molecule has 7 atom stereocenters. The summed E-state index contributed by atoms with van der Waals surface area (Å²) in [6.07, 6.45) is 12.2. The Hall–Kier alpha value is -11.6. The molecule has 0 radical (unpaired) electrons. The van der Waals surface area contributed by atoms with Gasteiger partial charge in [-0.1, -0.05) is 234 Å². The number of ether oxygens (including phenoxy) is 4. The van der Waals surface area contributed by atoms with Crippen molar-refractivity contribution in [3.8, 4) is 23.0 Å². The highest BCUT2D eigenvalue weighted by atomic mass is 32.2. The minimum Gasteiger partial charge on any atom is -0.744 e. The number of rotatable bonds is 22. The molecule has 0 aromatic heterocycles. The summed E-state index contributed by atoms with van der Waals surface area (Å²) in [5.41, 5.74) is 0.465. The molecule has 26 heteroatoms.